The topological polar surface area (TPSA) is 32.3 Å². The van der Waals surface area contributed by atoms with Gasteiger partial charge in [-0.15, -0.1) is 0 Å². The van der Waals surface area contributed by atoms with Gasteiger partial charge in [-0.3, -0.25) is 4.79 Å². The van der Waals surface area contributed by atoms with Crippen LogP contribution in [-0.2, 0) is 4.79 Å². The molecule has 0 aromatic carbocycles. The molecule has 0 radical (unpaired) electrons. The molecule has 2 aliphatic carbocycles. The highest BCUT2D eigenvalue weighted by Gasteiger charge is 2.31. The van der Waals surface area contributed by atoms with Crippen LogP contribution in [0.5, 0.6) is 0 Å². The van der Waals surface area contributed by atoms with Gasteiger partial charge in [0.15, 0.2) is 0 Å². The van der Waals surface area contributed by atoms with Crippen LogP contribution in [0.25, 0.3) is 0 Å². The van der Waals surface area contributed by atoms with E-state index in [0.29, 0.717) is 23.9 Å². The second-order valence-corrected chi connectivity index (χ2v) is 7.37. The maximum absolute atomic E-state index is 12.7. The minimum absolute atomic E-state index is 0.308. The maximum atomic E-state index is 12.7. The third-order valence-electron chi connectivity index (χ3n) is 5.64. The lowest BCUT2D eigenvalue weighted by molar-refractivity contribution is -0.138. The minimum Gasteiger partial charge on any atom is -0.343 e. The first kappa shape index (κ1) is 16.8. The Hall–Kier alpha value is -0.570. The van der Waals surface area contributed by atoms with E-state index in [0.717, 1.165) is 25.3 Å². The SMILES string of the molecule is CCCNC1CCC(N(C)C(=O)C2CCC(C)CC2)CC1. The lowest BCUT2D eigenvalue weighted by atomic mass is 9.81. The summed E-state index contributed by atoms with van der Waals surface area (Å²) in [4.78, 5) is 14.8. The Morgan fingerprint density at radius 1 is 1.05 bits per heavy atom. The fraction of sp³-hybridized carbons (Fsp3) is 0.944. The normalized spacial score (nSPS) is 33.7. The van der Waals surface area contributed by atoms with Crippen molar-refractivity contribution in [3.8, 4) is 0 Å². The van der Waals surface area contributed by atoms with Gasteiger partial charge >= 0.3 is 0 Å². The van der Waals surface area contributed by atoms with E-state index in [-0.39, 0.29) is 0 Å². The van der Waals surface area contributed by atoms with Gasteiger partial charge in [-0.2, -0.15) is 0 Å². The van der Waals surface area contributed by atoms with E-state index < -0.39 is 0 Å². The van der Waals surface area contributed by atoms with Crippen molar-refractivity contribution >= 4 is 5.91 Å². The lowest BCUT2D eigenvalue weighted by Gasteiger charge is -2.37. The molecule has 3 nitrogen and oxygen atoms in total. The van der Waals surface area contributed by atoms with Crippen molar-refractivity contribution in [2.24, 2.45) is 11.8 Å². The Morgan fingerprint density at radius 3 is 2.24 bits per heavy atom. The number of carbonyl (C=O) groups excluding carboxylic acids is 1. The van der Waals surface area contributed by atoms with Gasteiger partial charge < -0.3 is 10.2 Å². The molecule has 2 saturated carbocycles. The van der Waals surface area contributed by atoms with Crippen LogP contribution in [0.3, 0.4) is 0 Å². The van der Waals surface area contributed by atoms with Gasteiger partial charge in [-0.1, -0.05) is 13.8 Å². The molecule has 0 atom stereocenters. The fourth-order valence-electron chi connectivity index (χ4n) is 3.99. The first-order chi connectivity index (χ1) is 10.1. The Bertz CT molecular complexity index is 315. The molecular formula is C18H34N2O. The molecule has 0 aromatic rings. The predicted octanol–water partition coefficient (Wildman–Crippen LogP) is 3.58. The average molecular weight is 294 g/mol. The number of hydrogen-bond acceptors (Lipinski definition) is 2. The molecule has 21 heavy (non-hydrogen) atoms. The second-order valence-electron chi connectivity index (χ2n) is 7.37. The molecular weight excluding hydrogens is 260 g/mol. The molecule has 1 N–H and O–H groups in total. The zero-order valence-corrected chi connectivity index (χ0v) is 14.2. The Morgan fingerprint density at radius 2 is 1.67 bits per heavy atom. The third kappa shape index (κ3) is 4.70. The van der Waals surface area contributed by atoms with Crippen LogP contribution in [-0.4, -0.2) is 36.5 Å². The van der Waals surface area contributed by atoms with E-state index in [1.807, 2.05) is 7.05 Å². The number of amides is 1. The molecule has 1 amide bonds. The summed E-state index contributed by atoms with van der Waals surface area (Å²) in [7, 11) is 2.05. The van der Waals surface area contributed by atoms with E-state index in [9.17, 15) is 4.79 Å². The lowest BCUT2D eigenvalue weighted by Crippen LogP contribution is -2.45. The van der Waals surface area contributed by atoms with Gasteiger partial charge in [-0.25, -0.2) is 0 Å². The number of carbonyl (C=O) groups is 1. The van der Waals surface area contributed by atoms with Gasteiger partial charge in [0, 0.05) is 25.0 Å². The molecule has 2 fully saturated rings. The van der Waals surface area contributed by atoms with E-state index >= 15 is 0 Å². The highest BCUT2D eigenvalue weighted by Crippen LogP contribution is 2.31. The van der Waals surface area contributed by atoms with Crippen molar-refractivity contribution < 1.29 is 4.79 Å². The number of hydrogen-bond donors (Lipinski definition) is 1. The van der Waals surface area contributed by atoms with E-state index in [4.69, 9.17) is 0 Å². The molecule has 0 saturated heterocycles. The minimum atomic E-state index is 0.308. The molecule has 0 bridgehead atoms. The van der Waals surface area contributed by atoms with Crippen molar-refractivity contribution in [3.05, 3.63) is 0 Å². The van der Waals surface area contributed by atoms with Crippen LogP contribution in [0.1, 0.15) is 71.6 Å². The molecule has 2 aliphatic rings. The van der Waals surface area contributed by atoms with E-state index in [1.54, 1.807) is 0 Å². The van der Waals surface area contributed by atoms with Gasteiger partial charge in [0.1, 0.15) is 0 Å². The Balaban J connectivity index is 1.76. The molecule has 122 valence electrons. The number of nitrogens with zero attached hydrogens (tertiary/aromatic N) is 1. The monoisotopic (exact) mass is 294 g/mol. The van der Waals surface area contributed by atoms with Gasteiger partial charge in [0.05, 0.1) is 0 Å². The van der Waals surface area contributed by atoms with Crippen LogP contribution in [0, 0.1) is 11.8 Å². The summed E-state index contributed by atoms with van der Waals surface area (Å²) >= 11 is 0. The van der Waals surface area contributed by atoms with E-state index in [1.165, 1.54) is 44.9 Å². The summed E-state index contributed by atoms with van der Waals surface area (Å²) in [5.41, 5.74) is 0. The molecule has 0 spiro atoms. The molecule has 0 unspecified atom stereocenters. The quantitative estimate of drug-likeness (QED) is 0.840. The summed E-state index contributed by atoms with van der Waals surface area (Å²) in [6.07, 6.45) is 10.7. The molecule has 0 aromatic heterocycles. The summed E-state index contributed by atoms with van der Waals surface area (Å²) < 4.78 is 0. The first-order valence-electron chi connectivity index (χ1n) is 9.11. The Labute approximate surface area is 130 Å². The van der Waals surface area contributed by atoms with Gasteiger partial charge in [0.2, 0.25) is 5.91 Å². The van der Waals surface area contributed by atoms with Crippen molar-refractivity contribution in [2.45, 2.75) is 83.7 Å². The van der Waals surface area contributed by atoms with Crippen LogP contribution in [0.15, 0.2) is 0 Å². The van der Waals surface area contributed by atoms with Crippen molar-refractivity contribution in [2.75, 3.05) is 13.6 Å². The van der Waals surface area contributed by atoms with Crippen molar-refractivity contribution in [1.82, 2.24) is 10.2 Å². The molecule has 2 rings (SSSR count). The smallest absolute Gasteiger partial charge is 0.225 e. The summed E-state index contributed by atoms with van der Waals surface area (Å²) in [5, 5.41) is 3.62. The largest absolute Gasteiger partial charge is 0.343 e. The van der Waals surface area contributed by atoms with Crippen LogP contribution in [0.2, 0.25) is 0 Å². The van der Waals surface area contributed by atoms with Crippen molar-refractivity contribution in [1.29, 1.82) is 0 Å². The van der Waals surface area contributed by atoms with Gasteiger partial charge in [0.25, 0.3) is 0 Å². The summed E-state index contributed by atoms with van der Waals surface area (Å²) in [5.74, 6) is 1.55. The molecule has 0 aliphatic heterocycles. The second kappa shape index (κ2) is 8.17. The summed E-state index contributed by atoms with van der Waals surface area (Å²) in [6, 6.07) is 1.16. The van der Waals surface area contributed by atoms with Crippen molar-refractivity contribution in [3.63, 3.8) is 0 Å². The predicted molar refractivity (Wildman–Crippen MR) is 88.2 cm³/mol. The highest BCUT2D eigenvalue weighted by molar-refractivity contribution is 5.79. The zero-order chi connectivity index (χ0) is 15.2. The zero-order valence-electron chi connectivity index (χ0n) is 14.2. The first-order valence-corrected chi connectivity index (χ1v) is 9.11. The van der Waals surface area contributed by atoms with Crippen LogP contribution >= 0.6 is 0 Å². The number of rotatable bonds is 5. The summed E-state index contributed by atoms with van der Waals surface area (Å²) in [6.45, 7) is 5.66. The van der Waals surface area contributed by atoms with Gasteiger partial charge in [-0.05, 0) is 70.3 Å². The highest BCUT2D eigenvalue weighted by atomic mass is 16.2. The fourth-order valence-corrected chi connectivity index (χ4v) is 3.99. The maximum Gasteiger partial charge on any atom is 0.225 e. The third-order valence-corrected chi connectivity index (χ3v) is 5.64. The van der Waals surface area contributed by atoms with Crippen LogP contribution < -0.4 is 5.32 Å². The standard InChI is InChI=1S/C18H34N2O/c1-4-13-19-16-9-11-17(12-10-16)20(3)18(21)15-7-5-14(2)6-8-15/h14-17,19H,4-13H2,1-3H3. The molecule has 0 heterocycles. The average Bonchev–Trinajstić information content (AvgIpc) is 2.53. The Kier molecular flexibility index (Phi) is 6.53. The number of nitrogens with one attached hydrogen (secondary N) is 1. The van der Waals surface area contributed by atoms with Crippen LogP contribution in [0.4, 0.5) is 0 Å². The van der Waals surface area contributed by atoms with E-state index in [2.05, 4.69) is 24.1 Å². The molecule has 3 heteroatoms.